The van der Waals surface area contributed by atoms with E-state index < -0.39 is 0 Å². The van der Waals surface area contributed by atoms with E-state index in [9.17, 15) is 4.79 Å². The maximum absolute atomic E-state index is 12.1. The van der Waals surface area contributed by atoms with Gasteiger partial charge in [0, 0.05) is 12.7 Å². The Morgan fingerprint density at radius 3 is 2.88 bits per heavy atom. The van der Waals surface area contributed by atoms with E-state index in [2.05, 4.69) is 10.9 Å². The van der Waals surface area contributed by atoms with Crippen molar-refractivity contribution in [3.63, 3.8) is 0 Å². The van der Waals surface area contributed by atoms with Crippen molar-refractivity contribution >= 4 is 17.5 Å². The molecule has 0 N–H and O–H groups in total. The third-order valence-electron chi connectivity index (χ3n) is 2.69. The van der Waals surface area contributed by atoms with E-state index in [-0.39, 0.29) is 5.91 Å². The van der Waals surface area contributed by atoms with Crippen LogP contribution in [0.2, 0.25) is 5.02 Å². The summed E-state index contributed by atoms with van der Waals surface area (Å²) in [4.78, 5) is 17.8. The third kappa shape index (κ3) is 3.21. The fraction of sp³-hybridized carbons (Fsp3) is 0.385. The molecule has 1 aromatic rings. The topological polar surface area (TPSA) is 33.2 Å². The van der Waals surface area contributed by atoms with Crippen molar-refractivity contribution < 1.29 is 4.79 Å². The number of terminal acetylenes is 1. The number of aromatic nitrogens is 1. The minimum absolute atomic E-state index is 0.119. The van der Waals surface area contributed by atoms with E-state index in [4.69, 9.17) is 18.0 Å². The molecule has 0 spiro atoms. The summed E-state index contributed by atoms with van der Waals surface area (Å²) in [5, 5.41) is 0.521. The van der Waals surface area contributed by atoms with Gasteiger partial charge in [0.15, 0.2) is 0 Å². The number of amides is 1. The van der Waals surface area contributed by atoms with Crippen LogP contribution < -0.4 is 0 Å². The van der Waals surface area contributed by atoms with E-state index in [1.54, 1.807) is 17.0 Å². The molecule has 1 saturated carbocycles. The zero-order valence-corrected chi connectivity index (χ0v) is 10.2. The molecule has 0 unspecified atom stereocenters. The van der Waals surface area contributed by atoms with Crippen molar-refractivity contribution in [2.24, 2.45) is 5.92 Å². The van der Waals surface area contributed by atoms with Gasteiger partial charge >= 0.3 is 0 Å². The van der Waals surface area contributed by atoms with Gasteiger partial charge in [0.2, 0.25) is 0 Å². The van der Waals surface area contributed by atoms with Crippen molar-refractivity contribution in [3.8, 4) is 12.3 Å². The SMILES string of the molecule is C#CCN(CC1CC1)C(=O)c1ccc(Cl)cn1. The highest BCUT2D eigenvalue weighted by molar-refractivity contribution is 6.30. The lowest BCUT2D eigenvalue weighted by atomic mass is 10.3. The number of carbonyl (C=O) groups is 1. The summed E-state index contributed by atoms with van der Waals surface area (Å²) >= 11 is 5.73. The summed E-state index contributed by atoms with van der Waals surface area (Å²) in [7, 11) is 0. The van der Waals surface area contributed by atoms with Crippen LogP contribution in [0, 0.1) is 18.3 Å². The first-order chi connectivity index (χ1) is 8.20. The van der Waals surface area contributed by atoms with E-state index in [0.717, 1.165) is 6.54 Å². The predicted octanol–water partition coefficient (Wildman–Crippen LogP) is 2.22. The Hall–Kier alpha value is -1.53. The molecule has 1 heterocycles. The number of pyridine rings is 1. The Morgan fingerprint density at radius 1 is 1.59 bits per heavy atom. The van der Waals surface area contributed by atoms with Gasteiger partial charge in [-0.2, -0.15) is 0 Å². The van der Waals surface area contributed by atoms with Crippen molar-refractivity contribution in [3.05, 3.63) is 29.0 Å². The van der Waals surface area contributed by atoms with Gasteiger partial charge in [-0.05, 0) is 30.9 Å². The van der Waals surface area contributed by atoms with Crippen LogP contribution in [0.25, 0.3) is 0 Å². The van der Waals surface area contributed by atoms with E-state index >= 15 is 0 Å². The molecule has 1 amide bonds. The molecule has 0 aliphatic heterocycles. The highest BCUT2D eigenvalue weighted by Gasteiger charge is 2.27. The molecule has 2 rings (SSSR count). The van der Waals surface area contributed by atoms with Gasteiger partial charge in [-0.1, -0.05) is 17.5 Å². The molecular formula is C13H13ClN2O. The standard InChI is InChI=1S/C13H13ClN2O/c1-2-7-16(9-10-3-4-10)13(17)12-6-5-11(14)8-15-12/h1,5-6,8,10H,3-4,7,9H2. The van der Waals surface area contributed by atoms with Gasteiger partial charge in [0.1, 0.15) is 5.69 Å². The fourth-order valence-electron chi connectivity index (χ4n) is 1.61. The maximum atomic E-state index is 12.1. The Morgan fingerprint density at radius 2 is 2.35 bits per heavy atom. The molecule has 88 valence electrons. The Balaban J connectivity index is 2.09. The second kappa shape index (κ2) is 5.20. The first kappa shape index (κ1) is 11.9. The minimum atomic E-state index is -0.119. The fourth-order valence-corrected chi connectivity index (χ4v) is 1.72. The number of hydrogen-bond donors (Lipinski definition) is 0. The average Bonchev–Trinajstić information content (AvgIpc) is 3.13. The van der Waals surface area contributed by atoms with Crippen LogP contribution in [-0.2, 0) is 0 Å². The number of hydrogen-bond acceptors (Lipinski definition) is 2. The van der Waals surface area contributed by atoms with Crippen LogP contribution in [0.3, 0.4) is 0 Å². The van der Waals surface area contributed by atoms with Crippen LogP contribution >= 0.6 is 11.6 Å². The molecule has 0 bridgehead atoms. The smallest absolute Gasteiger partial charge is 0.273 e. The summed E-state index contributed by atoms with van der Waals surface area (Å²) in [6.45, 7) is 1.06. The quantitative estimate of drug-likeness (QED) is 0.766. The lowest BCUT2D eigenvalue weighted by Gasteiger charge is -2.19. The van der Waals surface area contributed by atoms with Gasteiger partial charge in [0.05, 0.1) is 11.6 Å². The zero-order chi connectivity index (χ0) is 12.3. The molecule has 0 saturated heterocycles. The predicted molar refractivity (Wildman–Crippen MR) is 66.7 cm³/mol. The normalized spacial score (nSPS) is 14.1. The van der Waals surface area contributed by atoms with Crippen LogP contribution in [0.5, 0.6) is 0 Å². The average molecular weight is 249 g/mol. The second-order valence-corrected chi connectivity index (χ2v) is 4.63. The van der Waals surface area contributed by atoms with Gasteiger partial charge in [0.25, 0.3) is 5.91 Å². The lowest BCUT2D eigenvalue weighted by molar-refractivity contribution is 0.0764. The highest BCUT2D eigenvalue weighted by Crippen LogP contribution is 2.30. The molecule has 1 aliphatic carbocycles. The second-order valence-electron chi connectivity index (χ2n) is 4.19. The largest absolute Gasteiger partial charge is 0.326 e. The summed E-state index contributed by atoms with van der Waals surface area (Å²) in [6, 6.07) is 3.29. The zero-order valence-electron chi connectivity index (χ0n) is 9.40. The Kier molecular flexibility index (Phi) is 3.65. The van der Waals surface area contributed by atoms with Crippen LogP contribution in [0.4, 0.5) is 0 Å². The number of halogens is 1. The molecular weight excluding hydrogens is 236 g/mol. The molecule has 3 nitrogen and oxygen atoms in total. The Labute approximate surface area is 106 Å². The van der Waals surface area contributed by atoms with Crippen molar-refractivity contribution in [2.45, 2.75) is 12.8 Å². The number of rotatable bonds is 4. The monoisotopic (exact) mass is 248 g/mol. The van der Waals surface area contributed by atoms with Crippen LogP contribution in [-0.4, -0.2) is 28.9 Å². The highest BCUT2D eigenvalue weighted by atomic mass is 35.5. The first-order valence-electron chi connectivity index (χ1n) is 5.55. The molecule has 0 atom stereocenters. The van der Waals surface area contributed by atoms with Crippen molar-refractivity contribution in [2.75, 3.05) is 13.1 Å². The third-order valence-corrected chi connectivity index (χ3v) is 2.91. The molecule has 1 aromatic heterocycles. The molecule has 17 heavy (non-hydrogen) atoms. The number of carbonyl (C=O) groups excluding carboxylic acids is 1. The van der Waals surface area contributed by atoms with Crippen molar-refractivity contribution in [1.82, 2.24) is 9.88 Å². The Bertz CT molecular complexity index is 445. The molecule has 1 aliphatic rings. The van der Waals surface area contributed by atoms with E-state index in [1.807, 2.05) is 0 Å². The molecule has 0 radical (unpaired) electrons. The van der Waals surface area contributed by atoms with Gasteiger partial charge < -0.3 is 4.90 Å². The maximum Gasteiger partial charge on any atom is 0.273 e. The summed E-state index contributed by atoms with van der Waals surface area (Å²) in [6.07, 6.45) is 9.12. The minimum Gasteiger partial charge on any atom is -0.326 e. The van der Waals surface area contributed by atoms with Gasteiger partial charge in [-0.3, -0.25) is 4.79 Å². The molecule has 4 heteroatoms. The van der Waals surface area contributed by atoms with Gasteiger partial charge in [-0.25, -0.2) is 4.98 Å². The summed E-state index contributed by atoms with van der Waals surface area (Å²) < 4.78 is 0. The van der Waals surface area contributed by atoms with Crippen LogP contribution in [0.1, 0.15) is 23.3 Å². The molecule has 0 aromatic carbocycles. The van der Waals surface area contributed by atoms with Gasteiger partial charge in [-0.15, -0.1) is 6.42 Å². The lowest BCUT2D eigenvalue weighted by Crippen LogP contribution is -2.33. The summed E-state index contributed by atoms with van der Waals surface area (Å²) in [5.41, 5.74) is 0.394. The van der Waals surface area contributed by atoms with E-state index in [1.165, 1.54) is 19.0 Å². The van der Waals surface area contributed by atoms with Crippen molar-refractivity contribution in [1.29, 1.82) is 0 Å². The first-order valence-corrected chi connectivity index (χ1v) is 5.93. The van der Waals surface area contributed by atoms with Crippen LogP contribution in [0.15, 0.2) is 18.3 Å². The van der Waals surface area contributed by atoms with E-state index in [0.29, 0.717) is 23.2 Å². The summed E-state index contributed by atoms with van der Waals surface area (Å²) in [5.74, 6) is 3.01. The molecule has 1 fully saturated rings. The number of nitrogens with zero attached hydrogens (tertiary/aromatic N) is 2.